The van der Waals surface area contributed by atoms with Gasteiger partial charge in [-0.1, -0.05) is 0 Å². The van der Waals surface area contributed by atoms with Crippen LogP contribution in [-0.2, 0) is 7.53 Å². The molecule has 0 aromatic heterocycles. The zero-order valence-corrected chi connectivity index (χ0v) is 13.6. The second-order valence-corrected chi connectivity index (χ2v) is 14.0. The molecule has 2 saturated carbocycles. The van der Waals surface area contributed by atoms with Gasteiger partial charge in [-0.2, -0.15) is 0 Å². The first-order chi connectivity index (χ1) is 8.33. The third-order valence-electron chi connectivity index (χ3n) is 4.99. The molecule has 0 spiro atoms. The van der Waals surface area contributed by atoms with E-state index in [1.165, 1.54) is 64.2 Å². The van der Waals surface area contributed by atoms with Crippen LogP contribution in [0.25, 0.3) is 0 Å². The molecule has 2 rings (SSSR count). The maximum absolute atomic E-state index is 6.13. The van der Waals surface area contributed by atoms with Crippen LogP contribution in [0.15, 0.2) is 0 Å². The average Bonchev–Trinajstić information content (AvgIpc) is 2.43. The fourth-order valence-electron chi connectivity index (χ4n) is 4.09. The summed E-state index contributed by atoms with van der Waals surface area (Å²) in [6, 6.07) is 0. The molecule has 0 saturated heterocycles. The van der Waals surface area contributed by atoms with Crippen LogP contribution >= 0.6 is 0 Å². The Bertz CT molecular complexity index is 196. The minimum absolute atomic E-state index is 0.807. The van der Waals surface area contributed by atoms with Crippen molar-refractivity contribution in [1.29, 1.82) is 0 Å². The summed E-state index contributed by atoms with van der Waals surface area (Å²) in [7, 11) is 3.87. The van der Waals surface area contributed by atoms with Crippen LogP contribution in [0.1, 0.15) is 64.2 Å². The molecule has 0 aromatic rings. The van der Waals surface area contributed by atoms with E-state index in [0.29, 0.717) is 0 Å². The summed E-state index contributed by atoms with van der Waals surface area (Å²) < 4.78 is 13.9. The number of hydrogen-bond acceptors (Lipinski definition) is 2. The van der Waals surface area contributed by atoms with E-state index in [1.807, 2.05) is 14.2 Å². The van der Waals surface area contributed by atoms with E-state index in [-0.39, 0.29) is 0 Å². The predicted molar refractivity (Wildman–Crippen MR) is 73.4 cm³/mol. The third kappa shape index (κ3) is 2.90. The van der Waals surface area contributed by atoms with Gasteiger partial charge in [-0.05, 0) is 0 Å². The normalized spacial score (nSPS) is 25.1. The molecule has 0 atom stereocenters. The molecule has 3 heteroatoms. The minimum atomic E-state index is -2.52. The first-order valence-electron chi connectivity index (χ1n) is 7.44. The Labute approximate surface area is 109 Å². The van der Waals surface area contributed by atoms with Gasteiger partial charge in [0.25, 0.3) is 0 Å². The van der Waals surface area contributed by atoms with E-state index in [9.17, 15) is 0 Å². The topological polar surface area (TPSA) is 18.5 Å². The molecule has 0 aromatic carbocycles. The first-order valence-corrected chi connectivity index (χ1v) is 11.6. The Hall–Kier alpha value is 0.463. The molecule has 2 nitrogen and oxygen atoms in total. The third-order valence-corrected chi connectivity index (χ3v) is 14.9. The second kappa shape index (κ2) is 6.58. The molecular formula is C14H28GeO2. The van der Waals surface area contributed by atoms with Crippen molar-refractivity contribution in [3.8, 4) is 0 Å². The van der Waals surface area contributed by atoms with Gasteiger partial charge in [0.05, 0.1) is 0 Å². The second-order valence-electron chi connectivity index (χ2n) is 5.80. The Morgan fingerprint density at radius 3 is 1.29 bits per heavy atom. The summed E-state index contributed by atoms with van der Waals surface area (Å²) in [6.45, 7) is 0. The van der Waals surface area contributed by atoms with Crippen LogP contribution in [-0.4, -0.2) is 28.2 Å². The monoisotopic (exact) mass is 302 g/mol. The van der Waals surface area contributed by atoms with Crippen molar-refractivity contribution in [3.63, 3.8) is 0 Å². The molecule has 2 fully saturated rings. The first kappa shape index (κ1) is 13.9. The van der Waals surface area contributed by atoms with Gasteiger partial charge in [-0.25, -0.2) is 0 Å². The Morgan fingerprint density at radius 1 is 0.647 bits per heavy atom. The van der Waals surface area contributed by atoms with E-state index in [1.54, 1.807) is 0 Å². The summed E-state index contributed by atoms with van der Waals surface area (Å²) in [5.74, 6) is 0. The van der Waals surface area contributed by atoms with Gasteiger partial charge in [0.2, 0.25) is 0 Å². The van der Waals surface area contributed by atoms with E-state index >= 15 is 0 Å². The summed E-state index contributed by atoms with van der Waals surface area (Å²) in [6.07, 6.45) is 13.9. The maximum atomic E-state index is 6.13. The fraction of sp³-hybridized carbons (Fsp3) is 1.00. The van der Waals surface area contributed by atoms with Gasteiger partial charge < -0.3 is 0 Å². The van der Waals surface area contributed by atoms with E-state index in [2.05, 4.69) is 0 Å². The van der Waals surface area contributed by atoms with Crippen LogP contribution in [0, 0.1) is 0 Å². The molecule has 0 N–H and O–H groups in total. The summed E-state index contributed by atoms with van der Waals surface area (Å²) in [4.78, 5) is 0. The number of rotatable bonds is 4. The molecule has 17 heavy (non-hydrogen) atoms. The van der Waals surface area contributed by atoms with Gasteiger partial charge in [0, 0.05) is 0 Å². The van der Waals surface area contributed by atoms with Crippen molar-refractivity contribution in [3.05, 3.63) is 0 Å². The van der Waals surface area contributed by atoms with Crippen LogP contribution < -0.4 is 0 Å². The molecule has 0 unspecified atom stereocenters. The predicted octanol–water partition coefficient (Wildman–Crippen LogP) is 4.39. The van der Waals surface area contributed by atoms with Crippen LogP contribution in [0.2, 0.25) is 9.50 Å². The standard InChI is InChI=1S/C14H28GeO2/c1-16-15(17-2,13-9-5-3-6-10-13)14-11-7-4-8-12-14/h13-14H,3-12H2,1-2H3. The van der Waals surface area contributed by atoms with Crippen molar-refractivity contribution in [1.82, 2.24) is 0 Å². The summed E-state index contributed by atoms with van der Waals surface area (Å²) in [5, 5.41) is 0. The van der Waals surface area contributed by atoms with Crippen molar-refractivity contribution in [2.45, 2.75) is 73.7 Å². The summed E-state index contributed by atoms with van der Waals surface area (Å²) >= 11 is -2.52. The quantitative estimate of drug-likeness (QED) is 0.717. The average molecular weight is 301 g/mol. The molecule has 2 aliphatic carbocycles. The Kier molecular flexibility index (Phi) is 5.37. The van der Waals surface area contributed by atoms with Gasteiger partial charge in [0.1, 0.15) is 0 Å². The SMILES string of the molecule is C[O][Ge]([O]C)([CH]1CCCCC1)[CH]1CCCCC1. The van der Waals surface area contributed by atoms with Crippen LogP contribution in [0.3, 0.4) is 0 Å². The zero-order valence-electron chi connectivity index (χ0n) is 11.5. The molecule has 0 bridgehead atoms. The van der Waals surface area contributed by atoms with Gasteiger partial charge in [0.15, 0.2) is 0 Å². The molecular weight excluding hydrogens is 273 g/mol. The zero-order chi connectivity index (χ0) is 12.1. The van der Waals surface area contributed by atoms with Crippen LogP contribution in [0.5, 0.6) is 0 Å². The fourth-order valence-corrected chi connectivity index (χ4v) is 13.7. The van der Waals surface area contributed by atoms with E-state index < -0.39 is 13.9 Å². The van der Waals surface area contributed by atoms with Crippen molar-refractivity contribution < 1.29 is 7.53 Å². The van der Waals surface area contributed by atoms with Gasteiger partial charge in [-0.15, -0.1) is 0 Å². The van der Waals surface area contributed by atoms with Crippen molar-refractivity contribution >= 4 is 13.9 Å². The number of hydrogen-bond donors (Lipinski definition) is 0. The van der Waals surface area contributed by atoms with Crippen molar-refractivity contribution in [2.75, 3.05) is 14.2 Å². The molecule has 100 valence electrons. The molecule has 2 aliphatic rings. The molecule has 0 amide bonds. The van der Waals surface area contributed by atoms with Gasteiger partial charge >= 0.3 is 109 Å². The summed E-state index contributed by atoms with van der Waals surface area (Å²) in [5.41, 5.74) is 0. The van der Waals surface area contributed by atoms with E-state index in [4.69, 9.17) is 7.53 Å². The Balaban J connectivity index is 2.10. The molecule has 0 heterocycles. The van der Waals surface area contributed by atoms with Crippen molar-refractivity contribution in [2.24, 2.45) is 0 Å². The van der Waals surface area contributed by atoms with Crippen LogP contribution in [0.4, 0.5) is 0 Å². The molecule has 0 radical (unpaired) electrons. The molecule has 0 aliphatic heterocycles. The van der Waals surface area contributed by atoms with Gasteiger partial charge in [-0.3, -0.25) is 0 Å². The Morgan fingerprint density at radius 2 is 1.00 bits per heavy atom. The van der Waals surface area contributed by atoms with E-state index in [0.717, 1.165) is 9.50 Å².